The fourth-order valence-corrected chi connectivity index (χ4v) is 2.24. The zero-order valence-electron chi connectivity index (χ0n) is 18.0. The minimum Gasteiger partial charge on any atom is -0.423 e. The van der Waals surface area contributed by atoms with Gasteiger partial charge in [0.05, 0.1) is 5.56 Å². The maximum Gasteiger partial charge on any atom is 0.338 e. The van der Waals surface area contributed by atoms with Gasteiger partial charge >= 0.3 is 17.9 Å². The molecule has 7 heteroatoms. The van der Waals surface area contributed by atoms with E-state index in [1.165, 1.54) is 63.2 Å². The molecule has 0 aromatic heterocycles. The number of ether oxygens (including phenoxy) is 3. The maximum absolute atomic E-state index is 13.0. The lowest BCUT2D eigenvalue weighted by molar-refractivity contribution is -0.131. The molecule has 0 radical (unpaired) electrons. The van der Waals surface area contributed by atoms with Crippen molar-refractivity contribution in [3.63, 3.8) is 0 Å². The molecule has 0 amide bonds. The number of rotatable bonds is 8. The average Bonchev–Trinajstić information content (AvgIpc) is 2.73. The summed E-state index contributed by atoms with van der Waals surface area (Å²) in [6.07, 6.45) is 0. The molecule has 0 unspecified atom stereocenters. The van der Waals surface area contributed by atoms with Crippen LogP contribution in [0, 0.1) is 0 Å². The van der Waals surface area contributed by atoms with Crippen molar-refractivity contribution in [2.45, 2.75) is 20.8 Å². The molecule has 0 N–H and O–H groups in total. The van der Waals surface area contributed by atoms with Gasteiger partial charge in [0.1, 0.15) is 17.2 Å². The van der Waals surface area contributed by atoms with Gasteiger partial charge in [-0.3, -0.25) is 4.79 Å². The number of ketones is 1. The molecule has 0 spiro atoms. The molecule has 0 saturated heterocycles. The van der Waals surface area contributed by atoms with Crippen molar-refractivity contribution in [2.24, 2.45) is 0 Å². The van der Waals surface area contributed by atoms with E-state index in [9.17, 15) is 19.2 Å². The summed E-state index contributed by atoms with van der Waals surface area (Å²) in [5.41, 5.74) is 0.844. The van der Waals surface area contributed by atoms with Crippen LogP contribution in [0.4, 0.5) is 0 Å². The fourth-order valence-electron chi connectivity index (χ4n) is 2.24. The molecule has 32 heavy (non-hydrogen) atoms. The first-order chi connectivity index (χ1) is 15.0. The Morgan fingerprint density at radius 2 is 1.06 bits per heavy atom. The number of carbonyl (C=O) groups excluding carboxylic acids is 4. The van der Waals surface area contributed by atoms with Gasteiger partial charge in [0.2, 0.25) is 0 Å². The van der Waals surface area contributed by atoms with E-state index in [1.807, 2.05) is 0 Å². The highest BCUT2D eigenvalue weighted by atomic mass is 16.5. The zero-order chi connectivity index (χ0) is 24.0. The number of hydrogen-bond acceptors (Lipinski definition) is 7. The molecule has 0 aliphatic rings. The van der Waals surface area contributed by atoms with Crippen molar-refractivity contribution >= 4 is 23.7 Å². The number of esters is 3. The molecule has 7 nitrogen and oxygen atoms in total. The van der Waals surface area contributed by atoms with Crippen LogP contribution < -0.4 is 14.2 Å². The Labute approximate surface area is 185 Å². The Hall–Kier alpha value is -4.26. The lowest BCUT2D eigenvalue weighted by Crippen LogP contribution is -2.13. The molecule has 0 heterocycles. The Morgan fingerprint density at radius 3 is 1.56 bits per heavy atom. The Balaban J connectivity index is 2.37. The fraction of sp³-hybridized carbons (Fsp3) is 0.120. The highest BCUT2D eigenvalue weighted by Gasteiger charge is 2.20. The van der Waals surface area contributed by atoms with Gasteiger partial charge in [0.25, 0.3) is 0 Å². The summed E-state index contributed by atoms with van der Waals surface area (Å²) < 4.78 is 15.5. The Kier molecular flexibility index (Phi) is 7.63. The SMILES string of the molecule is C=C(C)C(=O)Oc1ccc(C(=O)c2ccc(OC(=O)C(=C)C)cc2OC(=O)C(=C)C)cc1. The molecular weight excluding hydrogens is 412 g/mol. The summed E-state index contributed by atoms with van der Waals surface area (Å²) in [6, 6.07) is 9.87. The first-order valence-corrected chi connectivity index (χ1v) is 9.41. The van der Waals surface area contributed by atoms with E-state index in [4.69, 9.17) is 14.2 Å². The molecule has 0 fully saturated rings. The standard InChI is InChI=1S/C25H22O7/c1-14(2)23(27)30-18-9-7-17(8-10-18)22(26)20-12-11-19(31-24(28)15(3)4)13-21(20)32-25(29)16(5)6/h7-13H,1,3,5H2,2,4,6H3. The van der Waals surface area contributed by atoms with Crippen LogP contribution in [0.25, 0.3) is 0 Å². The molecular formula is C25H22O7. The van der Waals surface area contributed by atoms with Crippen molar-refractivity contribution < 1.29 is 33.4 Å². The van der Waals surface area contributed by atoms with Gasteiger partial charge in [-0.05, 0) is 57.2 Å². The van der Waals surface area contributed by atoms with Gasteiger partial charge < -0.3 is 14.2 Å². The van der Waals surface area contributed by atoms with E-state index in [0.717, 1.165) is 0 Å². The van der Waals surface area contributed by atoms with Gasteiger partial charge in [-0.25, -0.2) is 14.4 Å². The summed E-state index contributed by atoms with van der Waals surface area (Å²) in [5, 5.41) is 0. The summed E-state index contributed by atoms with van der Waals surface area (Å²) in [6.45, 7) is 15.0. The predicted molar refractivity (Wildman–Crippen MR) is 118 cm³/mol. The number of hydrogen-bond donors (Lipinski definition) is 0. The molecule has 0 saturated carbocycles. The highest BCUT2D eigenvalue weighted by Crippen LogP contribution is 2.29. The molecule has 2 aromatic rings. The largest absolute Gasteiger partial charge is 0.423 e. The van der Waals surface area contributed by atoms with Crippen molar-refractivity contribution in [1.29, 1.82) is 0 Å². The van der Waals surface area contributed by atoms with Crippen LogP contribution in [0.5, 0.6) is 17.2 Å². The van der Waals surface area contributed by atoms with Gasteiger partial charge in [0.15, 0.2) is 5.78 Å². The van der Waals surface area contributed by atoms with E-state index in [-0.39, 0.29) is 45.1 Å². The summed E-state index contributed by atoms with van der Waals surface area (Å²) in [4.78, 5) is 48.5. The van der Waals surface area contributed by atoms with Crippen LogP contribution in [-0.4, -0.2) is 23.7 Å². The van der Waals surface area contributed by atoms with Crippen LogP contribution in [0.1, 0.15) is 36.7 Å². The minimum absolute atomic E-state index is 0.0569. The molecule has 0 atom stereocenters. The second-order valence-electron chi connectivity index (χ2n) is 7.02. The van der Waals surface area contributed by atoms with E-state index in [1.54, 1.807) is 0 Å². The third-order valence-electron chi connectivity index (χ3n) is 3.98. The molecule has 0 bridgehead atoms. The van der Waals surface area contributed by atoms with Crippen molar-refractivity contribution in [3.05, 3.63) is 90.0 Å². The third-order valence-corrected chi connectivity index (χ3v) is 3.98. The summed E-state index contributed by atoms with van der Waals surface area (Å²) in [5.74, 6) is -2.26. The van der Waals surface area contributed by atoms with Gasteiger partial charge in [-0.1, -0.05) is 19.7 Å². The van der Waals surface area contributed by atoms with Crippen molar-refractivity contribution in [2.75, 3.05) is 0 Å². The first kappa shape index (κ1) is 24.0. The smallest absolute Gasteiger partial charge is 0.338 e. The van der Waals surface area contributed by atoms with Crippen LogP contribution in [0.3, 0.4) is 0 Å². The second kappa shape index (κ2) is 10.2. The van der Waals surface area contributed by atoms with E-state index < -0.39 is 23.7 Å². The molecule has 0 aliphatic heterocycles. The summed E-state index contributed by atoms with van der Waals surface area (Å²) >= 11 is 0. The first-order valence-electron chi connectivity index (χ1n) is 9.41. The molecule has 0 aliphatic carbocycles. The lowest BCUT2D eigenvalue weighted by atomic mass is 10.0. The second-order valence-corrected chi connectivity index (χ2v) is 7.02. The van der Waals surface area contributed by atoms with E-state index >= 15 is 0 Å². The van der Waals surface area contributed by atoms with E-state index in [0.29, 0.717) is 0 Å². The average molecular weight is 434 g/mol. The third kappa shape index (κ3) is 6.12. The topological polar surface area (TPSA) is 96.0 Å². The van der Waals surface area contributed by atoms with Crippen LogP contribution >= 0.6 is 0 Å². The number of benzene rings is 2. The lowest BCUT2D eigenvalue weighted by Gasteiger charge is -2.12. The van der Waals surface area contributed by atoms with E-state index in [2.05, 4.69) is 19.7 Å². The molecule has 2 aromatic carbocycles. The molecule has 2 rings (SSSR count). The zero-order valence-corrected chi connectivity index (χ0v) is 18.0. The molecule has 164 valence electrons. The Morgan fingerprint density at radius 1 is 0.625 bits per heavy atom. The van der Waals surface area contributed by atoms with Crippen molar-refractivity contribution in [1.82, 2.24) is 0 Å². The van der Waals surface area contributed by atoms with Crippen LogP contribution in [0.2, 0.25) is 0 Å². The van der Waals surface area contributed by atoms with Gasteiger partial charge in [-0.15, -0.1) is 0 Å². The predicted octanol–water partition coefficient (Wildman–Crippen LogP) is 4.36. The van der Waals surface area contributed by atoms with Crippen LogP contribution in [-0.2, 0) is 14.4 Å². The quantitative estimate of drug-likeness (QED) is 0.264. The van der Waals surface area contributed by atoms with Crippen molar-refractivity contribution in [3.8, 4) is 17.2 Å². The highest BCUT2D eigenvalue weighted by molar-refractivity contribution is 6.11. The number of carbonyl (C=O) groups is 4. The minimum atomic E-state index is -0.746. The monoisotopic (exact) mass is 434 g/mol. The maximum atomic E-state index is 13.0. The van der Waals surface area contributed by atoms with Crippen LogP contribution in [0.15, 0.2) is 78.9 Å². The van der Waals surface area contributed by atoms with Gasteiger partial charge in [0, 0.05) is 28.3 Å². The summed E-state index contributed by atoms with van der Waals surface area (Å²) in [7, 11) is 0. The normalized spacial score (nSPS) is 9.97. The Bertz CT molecular complexity index is 1140. The van der Waals surface area contributed by atoms with Gasteiger partial charge in [-0.2, -0.15) is 0 Å².